The van der Waals surface area contributed by atoms with Crippen LogP contribution in [0.2, 0.25) is 0 Å². The molecule has 0 bridgehead atoms. The largest absolute Gasteiger partial charge is 0.486 e. The van der Waals surface area contributed by atoms with Crippen molar-refractivity contribution in [2.75, 3.05) is 0 Å². The zero-order valence-electron chi connectivity index (χ0n) is 10.6. The van der Waals surface area contributed by atoms with Crippen molar-refractivity contribution >= 4 is 43.8 Å². The molecule has 0 radical (unpaired) electrons. The molecule has 0 saturated heterocycles. The lowest BCUT2D eigenvalue weighted by molar-refractivity contribution is 0.112. The molecule has 0 aliphatic rings. The first-order valence-corrected chi connectivity index (χ1v) is 7.68. The lowest BCUT2D eigenvalue weighted by Gasteiger charge is -2.07. The highest BCUT2D eigenvalue weighted by atomic mass is 79.9. The molecule has 0 amide bonds. The van der Waals surface area contributed by atoms with Crippen LogP contribution in [0.4, 0.5) is 0 Å². The number of hydrogen-bond donors (Lipinski definition) is 1. The Morgan fingerprint density at radius 2 is 2.24 bits per heavy atom. The van der Waals surface area contributed by atoms with Gasteiger partial charge in [0.1, 0.15) is 22.9 Å². The molecule has 0 aliphatic carbocycles. The zero-order valence-corrected chi connectivity index (χ0v) is 13.0. The van der Waals surface area contributed by atoms with Gasteiger partial charge in [-0.3, -0.25) is 9.59 Å². The molecule has 5 nitrogen and oxygen atoms in total. The van der Waals surface area contributed by atoms with E-state index in [1.807, 2.05) is 5.38 Å². The van der Waals surface area contributed by atoms with Gasteiger partial charge in [-0.05, 0) is 29.6 Å². The number of aldehydes is 1. The number of nitrogens with zero attached hydrogens (tertiary/aromatic N) is 1. The standard InChI is InChI=1S/C14H9BrN2O3S/c15-10-2-1-9(5-8(10)6-18)20-7-12-16-11-3-4-21-13(11)14(19)17-12/h1-6H,7H2,(H,16,17,19). The van der Waals surface area contributed by atoms with Gasteiger partial charge in [0.15, 0.2) is 6.29 Å². The molecule has 1 N–H and O–H groups in total. The number of rotatable bonds is 4. The smallest absolute Gasteiger partial charge is 0.268 e. The monoisotopic (exact) mass is 364 g/mol. The number of thiophene rings is 1. The van der Waals surface area contributed by atoms with E-state index >= 15 is 0 Å². The van der Waals surface area contributed by atoms with Crippen molar-refractivity contribution < 1.29 is 9.53 Å². The first kappa shape index (κ1) is 14.0. The zero-order chi connectivity index (χ0) is 14.8. The van der Waals surface area contributed by atoms with Gasteiger partial charge in [0, 0.05) is 10.0 Å². The third-order valence-electron chi connectivity index (χ3n) is 2.83. The van der Waals surface area contributed by atoms with Gasteiger partial charge in [-0.1, -0.05) is 15.9 Å². The molecule has 0 saturated carbocycles. The fourth-order valence-corrected chi connectivity index (χ4v) is 2.91. The van der Waals surface area contributed by atoms with E-state index in [9.17, 15) is 9.59 Å². The Hall–Kier alpha value is -1.99. The van der Waals surface area contributed by atoms with Gasteiger partial charge in [0.25, 0.3) is 5.56 Å². The number of ether oxygens (including phenoxy) is 1. The van der Waals surface area contributed by atoms with Crippen LogP contribution >= 0.6 is 27.3 Å². The summed E-state index contributed by atoms with van der Waals surface area (Å²) in [5.74, 6) is 0.981. The van der Waals surface area contributed by atoms with Gasteiger partial charge < -0.3 is 9.72 Å². The Kier molecular flexibility index (Phi) is 3.85. The molecule has 2 aromatic heterocycles. The Balaban J connectivity index is 1.83. The van der Waals surface area contributed by atoms with Gasteiger partial charge in [-0.25, -0.2) is 4.98 Å². The van der Waals surface area contributed by atoms with E-state index in [-0.39, 0.29) is 12.2 Å². The molecule has 0 fully saturated rings. The average molecular weight is 365 g/mol. The summed E-state index contributed by atoms with van der Waals surface area (Å²) in [4.78, 5) is 29.7. The molecule has 0 unspecified atom stereocenters. The van der Waals surface area contributed by atoms with Crippen LogP contribution in [-0.2, 0) is 6.61 Å². The fourth-order valence-electron chi connectivity index (χ4n) is 1.84. The summed E-state index contributed by atoms with van der Waals surface area (Å²) in [5, 5.41) is 1.82. The van der Waals surface area contributed by atoms with E-state index in [1.54, 1.807) is 24.3 Å². The van der Waals surface area contributed by atoms with Gasteiger partial charge >= 0.3 is 0 Å². The maximum atomic E-state index is 11.8. The van der Waals surface area contributed by atoms with Crippen LogP contribution in [0.5, 0.6) is 5.75 Å². The second-order valence-corrected chi connectivity index (χ2v) is 6.01. The minimum atomic E-state index is -0.169. The van der Waals surface area contributed by atoms with Crippen LogP contribution in [0.1, 0.15) is 16.2 Å². The van der Waals surface area contributed by atoms with Gasteiger partial charge in [-0.15, -0.1) is 11.3 Å². The van der Waals surface area contributed by atoms with E-state index in [4.69, 9.17) is 4.74 Å². The summed E-state index contributed by atoms with van der Waals surface area (Å²) in [7, 11) is 0. The minimum Gasteiger partial charge on any atom is -0.486 e. The Morgan fingerprint density at radius 3 is 3.05 bits per heavy atom. The van der Waals surface area contributed by atoms with E-state index in [2.05, 4.69) is 25.9 Å². The number of carbonyl (C=O) groups is 1. The van der Waals surface area contributed by atoms with Gasteiger partial charge in [-0.2, -0.15) is 0 Å². The molecule has 3 aromatic rings. The van der Waals surface area contributed by atoms with E-state index in [0.29, 0.717) is 31.8 Å². The first-order valence-electron chi connectivity index (χ1n) is 6.01. The van der Waals surface area contributed by atoms with Crippen molar-refractivity contribution in [2.45, 2.75) is 6.61 Å². The highest BCUT2D eigenvalue weighted by molar-refractivity contribution is 9.10. The summed E-state index contributed by atoms with van der Waals surface area (Å²) in [6.45, 7) is 0.126. The van der Waals surface area contributed by atoms with Crippen LogP contribution in [-0.4, -0.2) is 16.3 Å². The second kappa shape index (κ2) is 5.79. The van der Waals surface area contributed by atoms with Crippen LogP contribution in [0, 0.1) is 0 Å². The summed E-state index contributed by atoms with van der Waals surface area (Å²) >= 11 is 4.63. The summed E-state index contributed by atoms with van der Waals surface area (Å²) < 4.78 is 6.87. The molecule has 0 aliphatic heterocycles. The van der Waals surface area contributed by atoms with Crippen molar-refractivity contribution in [1.29, 1.82) is 0 Å². The van der Waals surface area contributed by atoms with Crippen molar-refractivity contribution in [3.05, 3.63) is 55.9 Å². The average Bonchev–Trinajstić information content (AvgIpc) is 2.95. The molecule has 3 rings (SSSR count). The molecule has 106 valence electrons. The van der Waals surface area contributed by atoms with E-state index in [1.165, 1.54) is 11.3 Å². The second-order valence-electron chi connectivity index (χ2n) is 4.24. The lowest BCUT2D eigenvalue weighted by atomic mass is 10.2. The molecular formula is C14H9BrN2O3S. The highest BCUT2D eigenvalue weighted by Crippen LogP contribution is 2.22. The van der Waals surface area contributed by atoms with Gasteiger partial charge in [0.05, 0.1) is 5.52 Å². The molecular weight excluding hydrogens is 356 g/mol. The van der Waals surface area contributed by atoms with Crippen molar-refractivity contribution in [3.8, 4) is 5.75 Å². The Labute approximate surface area is 131 Å². The number of benzene rings is 1. The quantitative estimate of drug-likeness (QED) is 0.721. The van der Waals surface area contributed by atoms with Crippen LogP contribution in [0.15, 0.2) is 38.9 Å². The Bertz CT molecular complexity index is 872. The SMILES string of the molecule is O=Cc1cc(OCc2nc3ccsc3c(=O)[nH]2)ccc1Br. The van der Waals surface area contributed by atoms with E-state index < -0.39 is 0 Å². The van der Waals surface area contributed by atoms with E-state index in [0.717, 1.165) is 6.29 Å². The number of H-pyrrole nitrogens is 1. The minimum absolute atomic E-state index is 0.126. The maximum Gasteiger partial charge on any atom is 0.268 e. The Morgan fingerprint density at radius 1 is 1.38 bits per heavy atom. The van der Waals surface area contributed by atoms with Gasteiger partial charge in [0.2, 0.25) is 0 Å². The molecule has 0 atom stereocenters. The van der Waals surface area contributed by atoms with Crippen LogP contribution < -0.4 is 10.3 Å². The van der Waals surface area contributed by atoms with Crippen molar-refractivity contribution in [3.63, 3.8) is 0 Å². The number of nitrogens with one attached hydrogen (secondary N) is 1. The molecule has 2 heterocycles. The summed E-state index contributed by atoms with van der Waals surface area (Å²) in [6, 6.07) is 6.89. The first-order chi connectivity index (χ1) is 10.2. The predicted molar refractivity (Wildman–Crippen MR) is 84.1 cm³/mol. The number of aromatic nitrogens is 2. The summed E-state index contributed by atoms with van der Waals surface area (Å²) in [5.41, 5.74) is 0.993. The van der Waals surface area contributed by atoms with Crippen LogP contribution in [0.3, 0.4) is 0 Å². The number of aromatic amines is 1. The predicted octanol–water partition coefficient (Wildman–Crippen LogP) is 3.14. The molecule has 0 spiro atoms. The molecule has 7 heteroatoms. The third kappa shape index (κ3) is 2.88. The molecule has 21 heavy (non-hydrogen) atoms. The normalized spacial score (nSPS) is 10.7. The highest BCUT2D eigenvalue weighted by Gasteiger charge is 2.06. The molecule has 1 aromatic carbocycles. The lowest BCUT2D eigenvalue weighted by Crippen LogP contribution is -2.12. The summed E-state index contributed by atoms with van der Waals surface area (Å²) in [6.07, 6.45) is 0.745. The maximum absolute atomic E-state index is 11.8. The third-order valence-corrected chi connectivity index (χ3v) is 4.46. The van der Waals surface area contributed by atoms with Crippen molar-refractivity contribution in [2.24, 2.45) is 0 Å². The van der Waals surface area contributed by atoms with Crippen molar-refractivity contribution in [1.82, 2.24) is 9.97 Å². The number of halogens is 1. The number of carbonyl (C=O) groups excluding carboxylic acids is 1. The fraction of sp³-hybridized carbons (Fsp3) is 0.0714. The number of hydrogen-bond acceptors (Lipinski definition) is 5. The van der Waals surface area contributed by atoms with Crippen LogP contribution in [0.25, 0.3) is 10.2 Å². The topological polar surface area (TPSA) is 72.0 Å². The number of fused-ring (bicyclic) bond motifs is 1.